The molecule has 6 nitrogen and oxygen atoms in total. The molecule has 1 amide bonds. The Kier molecular flexibility index (Phi) is 6.27. The molecule has 0 saturated carbocycles. The summed E-state index contributed by atoms with van der Waals surface area (Å²) in [5, 5.41) is 9.85. The van der Waals surface area contributed by atoms with E-state index in [0.717, 1.165) is 32.6 Å². The summed E-state index contributed by atoms with van der Waals surface area (Å²) in [6.07, 6.45) is 7.32. The molecule has 0 unspecified atom stereocenters. The predicted molar refractivity (Wildman–Crippen MR) is 133 cm³/mol. The molecular weight excluding hydrogens is 450 g/mol. The Bertz CT molecular complexity index is 1350. The van der Waals surface area contributed by atoms with Crippen molar-refractivity contribution in [1.29, 1.82) is 0 Å². The molecule has 0 aliphatic carbocycles. The minimum absolute atomic E-state index is 0.233. The van der Waals surface area contributed by atoms with Gasteiger partial charge in [-0.3, -0.25) is 9.78 Å². The molecule has 0 spiro atoms. The van der Waals surface area contributed by atoms with Gasteiger partial charge in [0.25, 0.3) is 5.91 Å². The van der Waals surface area contributed by atoms with E-state index >= 15 is 0 Å². The third-order valence-electron chi connectivity index (χ3n) is 4.83. The Morgan fingerprint density at radius 1 is 1.00 bits per heavy atom. The Morgan fingerprint density at radius 3 is 2.64 bits per heavy atom. The lowest BCUT2D eigenvalue weighted by Crippen LogP contribution is -2.12. The Balaban J connectivity index is 1.21. The number of aromatic nitrogens is 4. The minimum Gasteiger partial charge on any atom is -0.321 e. The van der Waals surface area contributed by atoms with Gasteiger partial charge in [0.15, 0.2) is 0 Å². The molecule has 8 heteroatoms. The van der Waals surface area contributed by atoms with Gasteiger partial charge < -0.3 is 5.32 Å². The zero-order valence-corrected chi connectivity index (χ0v) is 19.1. The van der Waals surface area contributed by atoms with Gasteiger partial charge in [-0.15, -0.1) is 23.1 Å². The number of nitrogens with zero attached hydrogens (tertiary/aromatic N) is 4. The first-order valence-electron chi connectivity index (χ1n) is 10.2. The van der Waals surface area contributed by atoms with Crippen LogP contribution in [0.3, 0.4) is 0 Å². The van der Waals surface area contributed by atoms with Gasteiger partial charge in [0.2, 0.25) is 0 Å². The number of thioether (sulfide) groups is 1. The standard InChI is InChI=1S/C25H19N5OS2/c31-24(28-20-8-10-22(11-9-20)32-16-18-5-4-12-26-13-18)23-17-33-25(29-23)19-14-27-30(15-19)21-6-2-1-3-7-21/h1-15,17H,16H2,(H,28,31). The van der Waals surface area contributed by atoms with Gasteiger partial charge in [-0.1, -0.05) is 24.3 Å². The molecule has 0 aliphatic heterocycles. The van der Waals surface area contributed by atoms with Crippen molar-refractivity contribution in [2.24, 2.45) is 0 Å². The highest BCUT2D eigenvalue weighted by Crippen LogP contribution is 2.26. The van der Waals surface area contributed by atoms with Crippen LogP contribution in [0.5, 0.6) is 0 Å². The van der Waals surface area contributed by atoms with Crippen molar-refractivity contribution in [2.45, 2.75) is 10.6 Å². The number of carbonyl (C=O) groups is 1. The average Bonchev–Trinajstić information content (AvgIpc) is 3.55. The van der Waals surface area contributed by atoms with Crippen LogP contribution in [0.4, 0.5) is 5.69 Å². The van der Waals surface area contributed by atoms with Gasteiger partial charge >= 0.3 is 0 Å². The maximum atomic E-state index is 12.7. The van der Waals surface area contributed by atoms with Gasteiger partial charge in [-0.05, 0) is 48.0 Å². The van der Waals surface area contributed by atoms with Crippen LogP contribution < -0.4 is 5.32 Å². The summed E-state index contributed by atoms with van der Waals surface area (Å²) in [4.78, 5) is 22.5. The zero-order chi connectivity index (χ0) is 22.5. The number of nitrogens with one attached hydrogen (secondary N) is 1. The smallest absolute Gasteiger partial charge is 0.275 e. The highest BCUT2D eigenvalue weighted by atomic mass is 32.2. The van der Waals surface area contributed by atoms with Crippen LogP contribution >= 0.6 is 23.1 Å². The fraction of sp³-hybridized carbons (Fsp3) is 0.0400. The van der Waals surface area contributed by atoms with E-state index in [1.54, 1.807) is 34.2 Å². The number of anilines is 1. The van der Waals surface area contributed by atoms with Gasteiger partial charge in [-0.25, -0.2) is 9.67 Å². The number of benzene rings is 2. The number of para-hydroxylation sites is 1. The van der Waals surface area contributed by atoms with E-state index in [9.17, 15) is 4.79 Å². The quantitative estimate of drug-likeness (QED) is 0.299. The topological polar surface area (TPSA) is 72.7 Å². The summed E-state index contributed by atoms with van der Waals surface area (Å²) in [7, 11) is 0. The molecule has 2 aromatic carbocycles. The number of hydrogen-bond acceptors (Lipinski definition) is 6. The molecule has 0 saturated heterocycles. The largest absolute Gasteiger partial charge is 0.321 e. The van der Waals surface area contributed by atoms with Gasteiger partial charge in [0.1, 0.15) is 10.7 Å². The summed E-state index contributed by atoms with van der Waals surface area (Å²) in [6.45, 7) is 0. The zero-order valence-electron chi connectivity index (χ0n) is 17.5. The molecule has 0 atom stereocenters. The predicted octanol–water partition coefficient (Wildman–Crippen LogP) is 5.94. The fourth-order valence-corrected chi connectivity index (χ4v) is 4.75. The van der Waals surface area contributed by atoms with Crippen LogP contribution in [0.15, 0.2) is 102 Å². The van der Waals surface area contributed by atoms with Crippen molar-refractivity contribution in [2.75, 3.05) is 5.32 Å². The molecule has 0 aliphatic rings. The second-order valence-corrected chi connectivity index (χ2v) is 9.08. The van der Waals surface area contributed by atoms with E-state index < -0.39 is 0 Å². The minimum atomic E-state index is -0.233. The Labute approximate surface area is 199 Å². The summed E-state index contributed by atoms with van der Waals surface area (Å²) in [5.41, 5.74) is 4.14. The normalized spacial score (nSPS) is 10.8. The first-order valence-corrected chi connectivity index (χ1v) is 12.1. The molecule has 5 aromatic rings. The number of amides is 1. The highest BCUT2D eigenvalue weighted by Gasteiger charge is 2.14. The first-order chi connectivity index (χ1) is 16.2. The molecule has 0 fully saturated rings. The lowest BCUT2D eigenvalue weighted by molar-refractivity contribution is 0.102. The van der Waals surface area contributed by atoms with E-state index in [-0.39, 0.29) is 5.91 Å². The van der Waals surface area contributed by atoms with Crippen molar-refractivity contribution in [3.63, 3.8) is 0 Å². The number of hydrogen-bond donors (Lipinski definition) is 1. The number of carbonyl (C=O) groups excluding carboxylic acids is 1. The second kappa shape index (κ2) is 9.81. The average molecular weight is 470 g/mol. The van der Waals surface area contributed by atoms with Crippen molar-refractivity contribution in [3.8, 4) is 16.3 Å². The van der Waals surface area contributed by atoms with Crippen LogP contribution in [-0.4, -0.2) is 25.7 Å². The summed E-state index contributed by atoms with van der Waals surface area (Å²) in [6, 6.07) is 21.7. The molecular formula is C25H19N5OS2. The molecule has 162 valence electrons. The van der Waals surface area contributed by atoms with Gasteiger partial charge in [-0.2, -0.15) is 5.10 Å². The van der Waals surface area contributed by atoms with Crippen LogP contribution in [0.1, 0.15) is 16.1 Å². The lowest BCUT2D eigenvalue weighted by Gasteiger charge is -2.05. The van der Waals surface area contributed by atoms with Crippen molar-refractivity contribution in [1.82, 2.24) is 19.7 Å². The third kappa shape index (κ3) is 5.19. The fourth-order valence-electron chi connectivity index (χ4n) is 3.15. The van der Waals surface area contributed by atoms with Crippen LogP contribution in [0.2, 0.25) is 0 Å². The Hall–Kier alpha value is -3.75. The third-order valence-corrected chi connectivity index (χ3v) is 6.80. The van der Waals surface area contributed by atoms with E-state index in [2.05, 4.69) is 26.4 Å². The SMILES string of the molecule is O=C(Nc1ccc(SCc2cccnc2)cc1)c1csc(-c2cnn(-c3ccccc3)c2)n1. The molecule has 0 radical (unpaired) electrons. The van der Waals surface area contributed by atoms with Crippen LogP contribution in [0.25, 0.3) is 16.3 Å². The molecule has 33 heavy (non-hydrogen) atoms. The maximum Gasteiger partial charge on any atom is 0.275 e. The van der Waals surface area contributed by atoms with E-state index in [0.29, 0.717) is 5.69 Å². The van der Waals surface area contributed by atoms with E-state index in [1.807, 2.05) is 73.1 Å². The van der Waals surface area contributed by atoms with Crippen LogP contribution in [-0.2, 0) is 5.75 Å². The van der Waals surface area contributed by atoms with Gasteiger partial charge in [0, 0.05) is 45.9 Å². The van der Waals surface area contributed by atoms with Crippen molar-refractivity contribution < 1.29 is 4.79 Å². The molecule has 1 N–H and O–H groups in total. The first kappa shape index (κ1) is 21.1. The molecule has 5 rings (SSSR count). The highest BCUT2D eigenvalue weighted by molar-refractivity contribution is 7.98. The lowest BCUT2D eigenvalue weighted by atomic mass is 10.3. The van der Waals surface area contributed by atoms with Crippen molar-refractivity contribution >= 4 is 34.7 Å². The van der Waals surface area contributed by atoms with E-state index in [1.165, 1.54) is 16.9 Å². The number of rotatable bonds is 7. The number of thiazole rings is 1. The van der Waals surface area contributed by atoms with E-state index in [4.69, 9.17) is 0 Å². The monoisotopic (exact) mass is 469 g/mol. The second-order valence-electron chi connectivity index (χ2n) is 7.18. The van der Waals surface area contributed by atoms with Crippen molar-refractivity contribution in [3.05, 3.63) is 108 Å². The molecule has 3 aromatic heterocycles. The van der Waals surface area contributed by atoms with Crippen LogP contribution in [0, 0.1) is 0 Å². The maximum absolute atomic E-state index is 12.7. The summed E-state index contributed by atoms with van der Waals surface area (Å²) < 4.78 is 1.80. The summed E-state index contributed by atoms with van der Waals surface area (Å²) in [5.74, 6) is 0.617. The molecule has 0 bridgehead atoms. The molecule has 3 heterocycles. The number of pyridine rings is 1. The van der Waals surface area contributed by atoms with Gasteiger partial charge in [0.05, 0.1) is 11.9 Å². The summed E-state index contributed by atoms with van der Waals surface area (Å²) >= 11 is 3.15. The Morgan fingerprint density at radius 2 is 1.85 bits per heavy atom.